The van der Waals surface area contributed by atoms with E-state index in [1.54, 1.807) is 0 Å². The lowest BCUT2D eigenvalue weighted by Crippen LogP contribution is -2.09. The van der Waals surface area contributed by atoms with Crippen molar-refractivity contribution in [1.82, 2.24) is 0 Å². The van der Waals surface area contributed by atoms with E-state index in [4.69, 9.17) is 0 Å². The minimum Gasteiger partial charge on any atom is -0.387 e. The summed E-state index contributed by atoms with van der Waals surface area (Å²) in [5, 5.41) is 64.4. The Morgan fingerprint density at radius 2 is 1.03 bits per heavy atom. The predicted octanol–water partition coefficient (Wildman–Crippen LogP) is 2.82. The molecule has 0 aliphatic rings. The Kier molecular flexibility index (Phi) is 7.51. The lowest BCUT2D eigenvalue weighted by Gasteiger charge is -2.14. The van der Waals surface area contributed by atoms with Gasteiger partial charge in [0.15, 0.2) is 0 Å². The number of benzene rings is 2. The lowest BCUT2D eigenvalue weighted by atomic mass is 10.1. The molecule has 2 aromatic carbocycles. The summed E-state index contributed by atoms with van der Waals surface area (Å²) < 4.78 is 0. The molecule has 2 unspecified atom stereocenters. The van der Waals surface area contributed by atoms with Crippen molar-refractivity contribution in [1.29, 1.82) is 0 Å². The van der Waals surface area contributed by atoms with Crippen molar-refractivity contribution in [2.75, 3.05) is 11.5 Å². The molecule has 0 radical (unpaired) electrons. The highest BCUT2D eigenvalue weighted by molar-refractivity contribution is 7.99. The molecule has 2 atom stereocenters. The molecular formula is C16H14N4O10S. The summed E-state index contributed by atoms with van der Waals surface area (Å²) in [5.41, 5.74) is -2.66. The van der Waals surface area contributed by atoms with E-state index in [1.165, 1.54) is 0 Å². The fourth-order valence-electron chi connectivity index (χ4n) is 2.64. The molecule has 15 heteroatoms. The molecule has 0 aliphatic carbocycles. The second-order valence-electron chi connectivity index (χ2n) is 6.08. The summed E-state index contributed by atoms with van der Waals surface area (Å²) in [6.07, 6.45) is -2.82. The van der Waals surface area contributed by atoms with E-state index in [2.05, 4.69) is 0 Å². The Bertz CT molecular complexity index is 966. The first kappa shape index (κ1) is 23.6. The third kappa shape index (κ3) is 5.68. The van der Waals surface area contributed by atoms with Gasteiger partial charge in [-0.2, -0.15) is 11.8 Å². The normalized spacial score (nSPS) is 12.7. The van der Waals surface area contributed by atoms with Gasteiger partial charge in [0.1, 0.15) is 0 Å². The SMILES string of the molecule is O=[N+]([O-])c1ccc(C(O)CSCC(O)c2ccc([N+](=O)[O-])cc2[N+](=O)[O-])c([N+](=O)[O-])c1. The molecule has 2 aromatic rings. The molecule has 0 aromatic heterocycles. The van der Waals surface area contributed by atoms with Crippen LogP contribution in [-0.4, -0.2) is 41.4 Å². The minimum atomic E-state index is -1.41. The topological polar surface area (TPSA) is 213 Å². The maximum Gasteiger partial charge on any atom is 0.282 e. The first-order chi connectivity index (χ1) is 14.5. The second-order valence-corrected chi connectivity index (χ2v) is 7.16. The van der Waals surface area contributed by atoms with Gasteiger partial charge < -0.3 is 10.2 Å². The highest BCUT2D eigenvalue weighted by Gasteiger charge is 2.26. The molecule has 0 spiro atoms. The van der Waals surface area contributed by atoms with Gasteiger partial charge in [-0.15, -0.1) is 0 Å². The fraction of sp³-hybridized carbons (Fsp3) is 0.250. The highest BCUT2D eigenvalue weighted by atomic mass is 32.2. The van der Waals surface area contributed by atoms with E-state index in [9.17, 15) is 50.7 Å². The van der Waals surface area contributed by atoms with E-state index in [0.717, 1.165) is 48.2 Å². The Labute approximate surface area is 176 Å². The van der Waals surface area contributed by atoms with E-state index in [1.807, 2.05) is 0 Å². The van der Waals surface area contributed by atoms with Gasteiger partial charge in [-0.3, -0.25) is 40.5 Å². The first-order valence-electron chi connectivity index (χ1n) is 8.32. The maximum absolute atomic E-state index is 11.2. The molecular weight excluding hydrogens is 440 g/mol. The van der Waals surface area contributed by atoms with Crippen LogP contribution in [0.2, 0.25) is 0 Å². The number of hydrogen-bond acceptors (Lipinski definition) is 11. The minimum absolute atomic E-state index is 0.168. The molecule has 0 heterocycles. The van der Waals surface area contributed by atoms with Crippen molar-refractivity contribution in [3.8, 4) is 0 Å². The van der Waals surface area contributed by atoms with Crippen LogP contribution in [0, 0.1) is 40.5 Å². The third-order valence-corrected chi connectivity index (χ3v) is 5.22. The summed E-state index contributed by atoms with van der Waals surface area (Å²) >= 11 is 0.908. The number of nitro groups is 4. The maximum atomic E-state index is 11.2. The zero-order chi connectivity index (χ0) is 23.3. The quantitative estimate of drug-likeness (QED) is 0.393. The third-order valence-electron chi connectivity index (χ3n) is 4.11. The zero-order valence-corrected chi connectivity index (χ0v) is 16.2. The second kappa shape index (κ2) is 9.88. The van der Waals surface area contributed by atoms with Gasteiger partial charge in [0, 0.05) is 23.6 Å². The number of nitrogens with zero attached hydrogens (tertiary/aromatic N) is 4. The Hall–Kier alpha value is -3.69. The largest absolute Gasteiger partial charge is 0.387 e. The van der Waals surface area contributed by atoms with E-state index >= 15 is 0 Å². The van der Waals surface area contributed by atoms with Gasteiger partial charge in [0.2, 0.25) is 0 Å². The van der Waals surface area contributed by atoms with Crippen molar-refractivity contribution in [3.63, 3.8) is 0 Å². The molecule has 0 bridgehead atoms. The molecule has 14 nitrogen and oxygen atoms in total. The average Bonchev–Trinajstić information content (AvgIpc) is 2.72. The Morgan fingerprint density at radius 3 is 1.32 bits per heavy atom. The average molecular weight is 454 g/mol. The zero-order valence-electron chi connectivity index (χ0n) is 15.4. The van der Waals surface area contributed by atoms with Crippen molar-refractivity contribution in [2.24, 2.45) is 0 Å². The van der Waals surface area contributed by atoms with E-state index in [-0.39, 0.29) is 22.6 Å². The molecule has 0 amide bonds. The summed E-state index contributed by atoms with van der Waals surface area (Å²) in [6, 6.07) is 5.56. The van der Waals surface area contributed by atoms with Crippen molar-refractivity contribution < 1.29 is 29.9 Å². The van der Waals surface area contributed by atoms with Gasteiger partial charge >= 0.3 is 0 Å². The van der Waals surface area contributed by atoms with Crippen LogP contribution in [0.3, 0.4) is 0 Å². The first-order valence-corrected chi connectivity index (χ1v) is 9.47. The Balaban J connectivity index is 2.12. The highest BCUT2D eigenvalue weighted by Crippen LogP contribution is 2.34. The summed E-state index contributed by atoms with van der Waals surface area (Å²) in [7, 11) is 0. The predicted molar refractivity (Wildman–Crippen MR) is 107 cm³/mol. The number of aliphatic hydroxyl groups is 2. The number of hydrogen-bond donors (Lipinski definition) is 2. The van der Waals surface area contributed by atoms with Crippen LogP contribution in [-0.2, 0) is 0 Å². The molecule has 0 aliphatic heterocycles. The molecule has 31 heavy (non-hydrogen) atoms. The van der Waals surface area contributed by atoms with Crippen molar-refractivity contribution in [2.45, 2.75) is 12.2 Å². The number of thioether (sulfide) groups is 1. The van der Waals surface area contributed by atoms with Gasteiger partial charge in [-0.1, -0.05) is 0 Å². The van der Waals surface area contributed by atoms with Gasteiger partial charge in [0.25, 0.3) is 22.7 Å². The van der Waals surface area contributed by atoms with E-state index < -0.39 is 54.7 Å². The summed E-state index contributed by atoms with van der Waals surface area (Å²) in [6.45, 7) is 0. The van der Waals surface area contributed by atoms with Crippen LogP contribution >= 0.6 is 11.8 Å². The van der Waals surface area contributed by atoms with Crippen molar-refractivity contribution >= 4 is 34.5 Å². The number of nitro benzene ring substituents is 4. The monoisotopic (exact) mass is 454 g/mol. The van der Waals surface area contributed by atoms with Crippen LogP contribution in [0.1, 0.15) is 23.3 Å². The number of aliphatic hydroxyl groups excluding tert-OH is 2. The van der Waals surface area contributed by atoms with E-state index in [0.29, 0.717) is 0 Å². The van der Waals surface area contributed by atoms with Crippen LogP contribution in [0.5, 0.6) is 0 Å². The van der Waals surface area contributed by atoms with Crippen LogP contribution < -0.4 is 0 Å². The molecule has 0 fully saturated rings. The number of rotatable bonds is 10. The molecule has 0 saturated heterocycles. The van der Waals surface area contributed by atoms with Gasteiger partial charge in [-0.25, -0.2) is 0 Å². The molecule has 2 N–H and O–H groups in total. The fourth-order valence-corrected chi connectivity index (χ4v) is 3.58. The number of non-ortho nitro benzene ring substituents is 2. The van der Waals surface area contributed by atoms with Crippen LogP contribution in [0.15, 0.2) is 36.4 Å². The summed E-state index contributed by atoms with van der Waals surface area (Å²) in [5.74, 6) is -0.340. The van der Waals surface area contributed by atoms with Gasteiger partial charge in [-0.05, 0) is 12.1 Å². The van der Waals surface area contributed by atoms with Crippen LogP contribution in [0.4, 0.5) is 22.7 Å². The lowest BCUT2D eigenvalue weighted by molar-refractivity contribution is -0.395. The standard InChI is InChI=1S/C16H14N4O10S/c21-15(11-3-1-9(17(23)24)5-13(11)19(27)28)7-31-8-16(22)12-4-2-10(18(25)26)6-14(12)20(29)30/h1-6,15-16,21-22H,7-8H2. The Morgan fingerprint density at radius 1 is 0.677 bits per heavy atom. The summed E-state index contributed by atoms with van der Waals surface area (Å²) in [4.78, 5) is 40.5. The molecule has 2 rings (SSSR count). The van der Waals surface area contributed by atoms with Crippen LogP contribution in [0.25, 0.3) is 0 Å². The van der Waals surface area contributed by atoms with Crippen molar-refractivity contribution in [3.05, 3.63) is 88.0 Å². The smallest absolute Gasteiger partial charge is 0.282 e. The molecule has 0 saturated carbocycles. The molecule has 164 valence electrons. The van der Waals surface area contributed by atoms with Gasteiger partial charge in [0.05, 0.1) is 55.2 Å².